The van der Waals surface area contributed by atoms with Gasteiger partial charge in [-0.1, -0.05) is 32.9 Å². The minimum absolute atomic E-state index is 0.123. The molecule has 20 heavy (non-hydrogen) atoms. The zero-order chi connectivity index (χ0) is 14.6. The summed E-state index contributed by atoms with van der Waals surface area (Å²) in [6.45, 7) is 7.17. The van der Waals surface area contributed by atoms with E-state index in [2.05, 4.69) is 42.1 Å². The molecule has 106 valence electrons. The molecule has 1 N–H and O–H groups in total. The third kappa shape index (κ3) is 3.47. The summed E-state index contributed by atoms with van der Waals surface area (Å²) in [4.78, 5) is 8.62. The first-order valence-corrected chi connectivity index (χ1v) is 6.69. The van der Waals surface area contributed by atoms with E-state index in [1.807, 2.05) is 24.4 Å². The highest BCUT2D eigenvalue weighted by molar-refractivity contribution is 5.39. The predicted molar refractivity (Wildman–Crippen MR) is 81.1 cm³/mol. The lowest BCUT2D eigenvalue weighted by Gasteiger charge is -2.18. The fourth-order valence-corrected chi connectivity index (χ4v) is 1.87. The Morgan fingerprint density at radius 2 is 1.95 bits per heavy atom. The van der Waals surface area contributed by atoms with E-state index in [4.69, 9.17) is 4.74 Å². The monoisotopic (exact) mass is 271 g/mol. The van der Waals surface area contributed by atoms with Crippen LogP contribution in [0.3, 0.4) is 0 Å². The van der Waals surface area contributed by atoms with Crippen molar-refractivity contribution in [2.45, 2.75) is 32.7 Å². The minimum atomic E-state index is 0.123. The summed E-state index contributed by atoms with van der Waals surface area (Å²) in [7, 11) is 1.63. The summed E-state index contributed by atoms with van der Waals surface area (Å²) in [6, 6.07) is 8.00. The van der Waals surface area contributed by atoms with Gasteiger partial charge in [-0.2, -0.15) is 0 Å². The van der Waals surface area contributed by atoms with Crippen LogP contribution in [0.25, 0.3) is 0 Å². The number of nitrogens with one attached hydrogen (secondary N) is 1. The normalized spacial score (nSPS) is 11.2. The lowest BCUT2D eigenvalue weighted by Crippen LogP contribution is -2.12. The van der Waals surface area contributed by atoms with Crippen molar-refractivity contribution in [1.29, 1.82) is 0 Å². The average molecular weight is 271 g/mol. The van der Waals surface area contributed by atoms with Gasteiger partial charge in [0.2, 0.25) is 5.88 Å². The Morgan fingerprint density at radius 1 is 1.15 bits per heavy atom. The second-order valence-corrected chi connectivity index (χ2v) is 5.71. The van der Waals surface area contributed by atoms with Crippen LogP contribution < -0.4 is 10.1 Å². The van der Waals surface area contributed by atoms with Crippen LogP contribution in [0, 0.1) is 0 Å². The summed E-state index contributed by atoms with van der Waals surface area (Å²) < 4.78 is 5.23. The molecule has 2 aromatic heterocycles. The number of methoxy groups -OCH3 is 1. The maximum Gasteiger partial charge on any atom is 0.218 e. The second kappa shape index (κ2) is 5.90. The number of hydrogen-bond donors (Lipinski definition) is 1. The number of rotatable bonds is 4. The largest absolute Gasteiger partial charge is 0.481 e. The van der Waals surface area contributed by atoms with Crippen LogP contribution in [0.1, 0.15) is 31.9 Å². The molecule has 2 heterocycles. The van der Waals surface area contributed by atoms with Gasteiger partial charge in [0, 0.05) is 24.5 Å². The molecule has 4 heteroatoms. The quantitative estimate of drug-likeness (QED) is 0.926. The van der Waals surface area contributed by atoms with E-state index >= 15 is 0 Å². The molecule has 0 aliphatic carbocycles. The van der Waals surface area contributed by atoms with Gasteiger partial charge in [-0.15, -0.1) is 0 Å². The number of ether oxygens (including phenoxy) is 1. The fraction of sp³-hybridized carbons (Fsp3) is 0.375. The van der Waals surface area contributed by atoms with Crippen molar-refractivity contribution in [3.05, 3.63) is 47.8 Å². The first kappa shape index (κ1) is 14.3. The van der Waals surface area contributed by atoms with E-state index in [1.165, 1.54) is 5.56 Å². The molecule has 2 rings (SSSR count). The molecule has 0 saturated carbocycles. The molecule has 0 aliphatic heterocycles. The van der Waals surface area contributed by atoms with Gasteiger partial charge >= 0.3 is 0 Å². The minimum Gasteiger partial charge on any atom is -0.481 e. The van der Waals surface area contributed by atoms with E-state index in [0.717, 1.165) is 11.4 Å². The Bertz CT molecular complexity index is 559. The molecule has 0 radical (unpaired) electrons. The molecule has 2 aromatic rings. The van der Waals surface area contributed by atoms with Gasteiger partial charge < -0.3 is 10.1 Å². The topological polar surface area (TPSA) is 47.0 Å². The zero-order valence-electron chi connectivity index (χ0n) is 12.5. The molecular weight excluding hydrogens is 250 g/mol. The predicted octanol–water partition coefficient (Wildman–Crippen LogP) is 3.39. The standard InChI is InChI=1S/C16H21N3O/c1-16(2,3)13-7-8-14(19-11-13)18-10-12-6-5-9-17-15(12)20-4/h5-9,11H,10H2,1-4H3,(H,18,19). The highest BCUT2D eigenvalue weighted by Crippen LogP contribution is 2.22. The molecular formula is C16H21N3O. The van der Waals surface area contributed by atoms with Gasteiger partial charge in [0.1, 0.15) is 5.82 Å². The van der Waals surface area contributed by atoms with Gasteiger partial charge in [0.05, 0.1) is 7.11 Å². The van der Waals surface area contributed by atoms with Crippen molar-refractivity contribution >= 4 is 5.82 Å². The van der Waals surface area contributed by atoms with Crippen LogP contribution in [-0.4, -0.2) is 17.1 Å². The van der Waals surface area contributed by atoms with E-state index in [1.54, 1.807) is 13.3 Å². The Labute approximate surface area is 120 Å². The van der Waals surface area contributed by atoms with E-state index in [9.17, 15) is 0 Å². The summed E-state index contributed by atoms with van der Waals surface area (Å²) in [5.41, 5.74) is 2.36. The van der Waals surface area contributed by atoms with Crippen LogP contribution in [0.2, 0.25) is 0 Å². The summed E-state index contributed by atoms with van der Waals surface area (Å²) >= 11 is 0. The third-order valence-electron chi connectivity index (χ3n) is 3.13. The summed E-state index contributed by atoms with van der Waals surface area (Å²) in [6.07, 6.45) is 3.64. The maximum absolute atomic E-state index is 5.23. The van der Waals surface area contributed by atoms with Gasteiger partial charge in [-0.25, -0.2) is 9.97 Å². The number of aromatic nitrogens is 2. The van der Waals surface area contributed by atoms with Crippen molar-refractivity contribution in [3.63, 3.8) is 0 Å². The molecule has 0 amide bonds. The van der Waals surface area contributed by atoms with Crippen molar-refractivity contribution in [3.8, 4) is 5.88 Å². The number of hydrogen-bond acceptors (Lipinski definition) is 4. The van der Waals surface area contributed by atoms with Gasteiger partial charge in [-0.05, 0) is 23.1 Å². The molecule has 4 nitrogen and oxygen atoms in total. The summed E-state index contributed by atoms with van der Waals surface area (Å²) in [5.74, 6) is 1.50. The van der Waals surface area contributed by atoms with Gasteiger partial charge in [0.25, 0.3) is 0 Å². The van der Waals surface area contributed by atoms with Gasteiger partial charge in [0.15, 0.2) is 0 Å². The fourth-order valence-electron chi connectivity index (χ4n) is 1.87. The second-order valence-electron chi connectivity index (χ2n) is 5.71. The van der Waals surface area contributed by atoms with E-state index in [0.29, 0.717) is 12.4 Å². The molecule has 0 bridgehead atoms. The van der Waals surface area contributed by atoms with Gasteiger partial charge in [-0.3, -0.25) is 0 Å². The molecule has 0 saturated heterocycles. The average Bonchev–Trinajstić information content (AvgIpc) is 2.45. The van der Waals surface area contributed by atoms with Crippen molar-refractivity contribution in [1.82, 2.24) is 9.97 Å². The Kier molecular flexibility index (Phi) is 4.23. The van der Waals surface area contributed by atoms with Crippen LogP contribution in [0.4, 0.5) is 5.82 Å². The first-order valence-electron chi connectivity index (χ1n) is 6.69. The van der Waals surface area contributed by atoms with Crippen LogP contribution in [0.15, 0.2) is 36.7 Å². The third-order valence-corrected chi connectivity index (χ3v) is 3.13. The molecule has 0 atom stereocenters. The molecule has 0 aromatic carbocycles. The lowest BCUT2D eigenvalue weighted by molar-refractivity contribution is 0.393. The van der Waals surface area contributed by atoms with E-state index < -0.39 is 0 Å². The highest BCUT2D eigenvalue weighted by Gasteiger charge is 2.13. The number of anilines is 1. The molecule has 0 fully saturated rings. The van der Waals surface area contributed by atoms with Crippen molar-refractivity contribution < 1.29 is 4.74 Å². The molecule has 0 unspecified atom stereocenters. The van der Waals surface area contributed by atoms with Crippen molar-refractivity contribution in [2.75, 3.05) is 12.4 Å². The number of nitrogens with zero attached hydrogens (tertiary/aromatic N) is 2. The molecule has 0 aliphatic rings. The SMILES string of the molecule is COc1ncccc1CNc1ccc(C(C)(C)C)cn1. The smallest absolute Gasteiger partial charge is 0.218 e. The Hall–Kier alpha value is -2.10. The highest BCUT2D eigenvalue weighted by atomic mass is 16.5. The zero-order valence-corrected chi connectivity index (χ0v) is 12.5. The van der Waals surface area contributed by atoms with Crippen LogP contribution in [0.5, 0.6) is 5.88 Å². The first-order chi connectivity index (χ1) is 9.50. The number of pyridine rings is 2. The Morgan fingerprint density at radius 3 is 2.55 bits per heavy atom. The van der Waals surface area contributed by atoms with E-state index in [-0.39, 0.29) is 5.41 Å². The van der Waals surface area contributed by atoms with Crippen LogP contribution in [-0.2, 0) is 12.0 Å². The Balaban J connectivity index is 2.04. The maximum atomic E-state index is 5.23. The molecule has 0 spiro atoms. The van der Waals surface area contributed by atoms with Crippen molar-refractivity contribution in [2.24, 2.45) is 0 Å². The summed E-state index contributed by atoms with van der Waals surface area (Å²) in [5, 5.41) is 3.28. The van der Waals surface area contributed by atoms with Crippen LogP contribution >= 0.6 is 0 Å². The lowest BCUT2D eigenvalue weighted by atomic mass is 9.88.